The van der Waals surface area contributed by atoms with Crippen molar-refractivity contribution in [3.63, 3.8) is 0 Å². The van der Waals surface area contributed by atoms with Gasteiger partial charge in [0.2, 0.25) is 0 Å². The molecule has 0 heterocycles. The van der Waals surface area contributed by atoms with Crippen LogP contribution in [0.5, 0.6) is 0 Å². The number of likely N-dealkylation sites (N-methyl/N-ethyl adjacent to an activating group) is 1. The summed E-state index contributed by atoms with van der Waals surface area (Å²) in [6, 6.07) is 8.87. The largest absolute Gasteiger partial charge is 0.315 e. The first kappa shape index (κ1) is 15.5. The predicted molar refractivity (Wildman–Crippen MR) is 87.0 cm³/mol. The van der Waals surface area contributed by atoms with Crippen molar-refractivity contribution in [2.24, 2.45) is 5.92 Å². The lowest BCUT2D eigenvalue weighted by molar-refractivity contribution is 0.304. The molecule has 1 saturated carbocycles. The van der Waals surface area contributed by atoms with E-state index in [4.69, 9.17) is 0 Å². The van der Waals surface area contributed by atoms with Crippen molar-refractivity contribution in [1.82, 2.24) is 10.2 Å². The van der Waals surface area contributed by atoms with Crippen LogP contribution in [0.1, 0.15) is 43.2 Å². The molecule has 0 saturated heterocycles. The molecule has 0 unspecified atom stereocenters. The van der Waals surface area contributed by atoms with E-state index in [9.17, 15) is 0 Å². The molecule has 2 nitrogen and oxygen atoms in total. The summed E-state index contributed by atoms with van der Waals surface area (Å²) in [5.41, 5.74) is 2.75. The third-order valence-corrected chi connectivity index (χ3v) is 4.40. The molecule has 1 fully saturated rings. The molecule has 0 aromatic heterocycles. The summed E-state index contributed by atoms with van der Waals surface area (Å²) < 4.78 is 0. The highest BCUT2D eigenvalue weighted by Crippen LogP contribution is 2.22. The van der Waals surface area contributed by atoms with Gasteiger partial charge < -0.3 is 10.2 Å². The normalized spacial score (nSPS) is 16.8. The molecule has 2 rings (SSSR count). The highest BCUT2D eigenvalue weighted by Gasteiger charge is 2.12. The highest BCUT2D eigenvalue weighted by molar-refractivity contribution is 5.21. The van der Waals surface area contributed by atoms with Crippen LogP contribution in [0.25, 0.3) is 0 Å². The van der Waals surface area contributed by atoms with Crippen LogP contribution in [0.3, 0.4) is 0 Å². The molecular formula is C18H30N2. The van der Waals surface area contributed by atoms with Crippen molar-refractivity contribution in [3.05, 3.63) is 35.4 Å². The Balaban J connectivity index is 1.57. The zero-order chi connectivity index (χ0) is 14.2. The Bertz CT molecular complexity index is 366. The first-order chi connectivity index (χ1) is 9.74. The van der Waals surface area contributed by atoms with Crippen molar-refractivity contribution in [1.29, 1.82) is 0 Å². The molecule has 2 heteroatoms. The van der Waals surface area contributed by atoms with Gasteiger partial charge in [-0.25, -0.2) is 0 Å². The van der Waals surface area contributed by atoms with Crippen LogP contribution in [0.4, 0.5) is 0 Å². The summed E-state index contributed by atoms with van der Waals surface area (Å²) in [4.78, 5) is 2.40. The van der Waals surface area contributed by atoms with E-state index in [0.29, 0.717) is 0 Å². The predicted octanol–water partition coefficient (Wildman–Crippen LogP) is 3.60. The lowest BCUT2D eigenvalue weighted by Gasteiger charge is -2.23. The second-order valence-electron chi connectivity index (χ2n) is 6.43. The molecule has 1 aliphatic carbocycles. The maximum Gasteiger partial charge on any atom is 0.0231 e. The number of aryl methyl sites for hydroxylation is 1. The van der Waals surface area contributed by atoms with E-state index in [1.54, 1.807) is 0 Å². The van der Waals surface area contributed by atoms with Gasteiger partial charge in [0.1, 0.15) is 0 Å². The van der Waals surface area contributed by atoms with Gasteiger partial charge in [-0.15, -0.1) is 0 Å². The highest BCUT2D eigenvalue weighted by atomic mass is 15.1. The fourth-order valence-electron chi connectivity index (χ4n) is 3.05. The van der Waals surface area contributed by atoms with Gasteiger partial charge in [0.15, 0.2) is 0 Å². The lowest BCUT2D eigenvalue weighted by atomic mass is 9.89. The minimum Gasteiger partial charge on any atom is -0.315 e. The van der Waals surface area contributed by atoms with Crippen LogP contribution in [-0.4, -0.2) is 31.6 Å². The van der Waals surface area contributed by atoms with Crippen LogP contribution in [0.15, 0.2) is 24.3 Å². The van der Waals surface area contributed by atoms with Gasteiger partial charge in [-0.2, -0.15) is 0 Å². The van der Waals surface area contributed by atoms with Crippen LogP contribution in [0.2, 0.25) is 0 Å². The molecule has 0 spiro atoms. The molecular weight excluding hydrogens is 244 g/mol. The molecule has 112 valence electrons. The Hall–Kier alpha value is -0.860. The van der Waals surface area contributed by atoms with E-state index in [1.165, 1.54) is 49.8 Å². The lowest BCUT2D eigenvalue weighted by Crippen LogP contribution is -2.32. The molecule has 1 aromatic carbocycles. The van der Waals surface area contributed by atoms with Crippen molar-refractivity contribution >= 4 is 0 Å². The van der Waals surface area contributed by atoms with Gasteiger partial charge >= 0.3 is 0 Å². The first-order valence-corrected chi connectivity index (χ1v) is 8.19. The van der Waals surface area contributed by atoms with Crippen LogP contribution < -0.4 is 5.32 Å². The first-order valence-electron chi connectivity index (χ1n) is 8.19. The topological polar surface area (TPSA) is 15.3 Å². The van der Waals surface area contributed by atoms with E-state index in [1.807, 2.05) is 0 Å². The molecule has 0 atom stereocenters. The van der Waals surface area contributed by atoms with Gasteiger partial charge in [0.05, 0.1) is 0 Å². The summed E-state index contributed by atoms with van der Waals surface area (Å²) in [5, 5.41) is 3.64. The summed E-state index contributed by atoms with van der Waals surface area (Å²) in [7, 11) is 2.21. The third-order valence-electron chi connectivity index (χ3n) is 4.40. The second kappa shape index (κ2) is 8.43. The zero-order valence-corrected chi connectivity index (χ0v) is 13.2. The fourth-order valence-corrected chi connectivity index (χ4v) is 3.05. The van der Waals surface area contributed by atoms with Crippen molar-refractivity contribution in [3.8, 4) is 0 Å². The Kier molecular flexibility index (Phi) is 6.55. The average molecular weight is 274 g/mol. The molecule has 0 radical (unpaired) electrons. The van der Waals surface area contributed by atoms with E-state index in [-0.39, 0.29) is 0 Å². The minimum absolute atomic E-state index is 0.936. The molecule has 0 aliphatic heterocycles. The molecule has 20 heavy (non-hydrogen) atoms. The van der Waals surface area contributed by atoms with Crippen LogP contribution in [-0.2, 0) is 6.54 Å². The Morgan fingerprint density at radius 2 is 1.80 bits per heavy atom. The van der Waals surface area contributed by atoms with Gasteiger partial charge in [0.25, 0.3) is 0 Å². The van der Waals surface area contributed by atoms with E-state index >= 15 is 0 Å². The minimum atomic E-state index is 0.936. The molecule has 0 amide bonds. The monoisotopic (exact) mass is 274 g/mol. The third kappa shape index (κ3) is 5.64. The van der Waals surface area contributed by atoms with E-state index < -0.39 is 0 Å². The number of nitrogens with one attached hydrogen (secondary N) is 1. The Morgan fingerprint density at radius 1 is 1.10 bits per heavy atom. The smallest absolute Gasteiger partial charge is 0.0231 e. The number of nitrogens with zero attached hydrogens (tertiary/aromatic N) is 1. The van der Waals surface area contributed by atoms with Gasteiger partial charge in [-0.05, 0) is 44.8 Å². The van der Waals surface area contributed by atoms with Crippen LogP contribution in [0, 0.1) is 12.8 Å². The number of benzene rings is 1. The number of hydrogen-bond donors (Lipinski definition) is 1. The van der Waals surface area contributed by atoms with Crippen LogP contribution >= 0.6 is 0 Å². The van der Waals surface area contributed by atoms with Crippen molar-refractivity contribution in [2.45, 2.75) is 45.6 Å². The summed E-state index contributed by atoms with van der Waals surface area (Å²) in [5.74, 6) is 0.936. The van der Waals surface area contributed by atoms with Crippen molar-refractivity contribution < 1.29 is 0 Å². The second-order valence-corrected chi connectivity index (χ2v) is 6.43. The SMILES string of the molecule is Cc1ccc(CN(C)CCNCC2CCCCC2)cc1. The molecule has 1 N–H and O–H groups in total. The zero-order valence-electron chi connectivity index (χ0n) is 13.2. The quantitative estimate of drug-likeness (QED) is 0.764. The summed E-state index contributed by atoms with van der Waals surface area (Å²) in [6.07, 6.45) is 7.22. The maximum absolute atomic E-state index is 3.64. The fraction of sp³-hybridized carbons (Fsp3) is 0.667. The summed E-state index contributed by atoms with van der Waals surface area (Å²) in [6.45, 7) is 6.64. The Labute approximate surface area is 124 Å². The van der Waals surface area contributed by atoms with Gasteiger partial charge in [-0.3, -0.25) is 0 Å². The molecule has 1 aromatic rings. The standard InChI is InChI=1S/C18H30N2/c1-16-8-10-18(11-9-16)15-20(2)13-12-19-14-17-6-4-3-5-7-17/h8-11,17,19H,3-7,12-15H2,1-2H3. The van der Waals surface area contributed by atoms with Crippen molar-refractivity contribution in [2.75, 3.05) is 26.7 Å². The average Bonchev–Trinajstić information content (AvgIpc) is 2.47. The van der Waals surface area contributed by atoms with Gasteiger partial charge in [-0.1, -0.05) is 49.1 Å². The molecule has 1 aliphatic rings. The maximum atomic E-state index is 3.64. The number of rotatable bonds is 7. The van der Waals surface area contributed by atoms with E-state index in [0.717, 1.165) is 25.6 Å². The van der Waals surface area contributed by atoms with E-state index in [2.05, 4.69) is 48.5 Å². The van der Waals surface area contributed by atoms with Gasteiger partial charge in [0, 0.05) is 19.6 Å². The molecule has 0 bridgehead atoms. The Morgan fingerprint density at radius 3 is 2.50 bits per heavy atom. The number of hydrogen-bond acceptors (Lipinski definition) is 2. The summed E-state index contributed by atoms with van der Waals surface area (Å²) >= 11 is 0.